The van der Waals surface area contributed by atoms with E-state index in [1.807, 2.05) is 4.90 Å². The number of aromatic nitrogens is 4. The van der Waals surface area contributed by atoms with Gasteiger partial charge in [0, 0.05) is 34.4 Å². The van der Waals surface area contributed by atoms with E-state index in [0.717, 1.165) is 36.3 Å². The maximum absolute atomic E-state index is 12.8. The number of carbonyl (C=O) groups is 1. The lowest BCUT2D eigenvalue weighted by Crippen LogP contribution is -2.53. The summed E-state index contributed by atoms with van der Waals surface area (Å²) in [6.07, 6.45) is 5.06. The number of hydrogen-bond acceptors (Lipinski definition) is 6. The summed E-state index contributed by atoms with van der Waals surface area (Å²) < 4.78 is 0. The van der Waals surface area contributed by atoms with E-state index in [1.54, 1.807) is 24.4 Å². The first-order valence-electron chi connectivity index (χ1n) is 9.41. The number of amides is 1. The molecule has 0 unspecified atom stereocenters. The second-order valence-corrected chi connectivity index (χ2v) is 7.96. The van der Waals surface area contributed by atoms with Gasteiger partial charge >= 0.3 is 0 Å². The summed E-state index contributed by atoms with van der Waals surface area (Å²) in [5.74, 6) is 0.748. The van der Waals surface area contributed by atoms with Gasteiger partial charge in [0.05, 0.1) is 18.1 Å². The van der Waals surface area contributed by atoms with Crippen LogP contribution in [-0.2, 0) is 4.79 Å². The highest BCUT2D eigenvalue weighted by Gasteiger charge is 2.31. The number of nitrogens with one attached hydrogen (secondary N) is 3. The Kier molecular flexibility index (Phi) is 5.73. The molecule has 0 bridgehead atoms. The molecule has 1 amide bonds. The van der Waals surface area contributed by atoms with Crippen LogP contribution in [0.2, 0.25) is 10.0 Å². The first kappa shape index (κ1) is 19.7. The maximum atomic E-state index is 12.8. The van der Waals surface area contributed by atoms with Crippen molar-refractivity contribution in [1.82, 2.24) is 25.1 Å². The quantitative estimate of drug-likeness (QED) is 0.568. The van der Waals surface area contributed by atoms with Crippen molar-refractivity contribution in [3.63, 3.8) is 0 Å². The van der Waals surface area contributed by atoms with Crippen molar-refractivity contribution in [3.8, 4) is 0 Å². The van der Waals surface area contributed by atoms with Crippen molar-refractivity contribution in [2.45, 2.75) is 31.8 Å². The molecule has 2 atom stereocenters. The largest absolute Gasteiger partial charge is 0.376 e. The smallest absolute Gasteiger partial charge is 0.242 e. The normalized spacial score (nSPS) is 19.3. The molecule has 1 aromatic carbocycles. The van der Waals surface area contributed by atoms with E-state index < -0.39 is 0 Å². The zero-order valence-electron chi connectivity index (χ0n) is 15.8. The maximum Gasteiger partial charge on any atom is 0.242 e. The van der Waals surface area contributed by atoms with Gasteiger partial charge in [0.1, 0.15) is 12.1 Å². The lowest BCUT2D eigenvalue weighted by molar-refractivity contribution is -0.132. The van der Waals surface area contributed by atoms with E-state index in [-0.39, 0.29) is 24.5 Å². The van der Waals surface area contributed by atoms with Crippen LogP contribution in [0.15, 0.2) is 30.7 Å². The molecule has 152 valence electrons. The Hall–Kier alpha value is -2.58. The molecule has 2 aromatic heterocycles. The molecule has 4 rings (SSSR count). The van der Waals surface area contributed by atoms with Crippen LogP contribution in [0.3, 0.4) is 0 Å². The highest BCUT2D eigenvalue weighted by Crippen LogP contribution is 2.25. The molecule has 3 N–H and O–H groups in total. The van der Waals surface area contributed by atoms with Crippen molar-refractivity contribution < 1.29 is 4.79 Å². The minimum absolute atomic E-state index is 0.0120. The summed E-state index contributed by atoms with van der Waals surface area (Å²) in [6.45, 7) is 2.95. The molecule has 29 heavy (non-hydrogen) atoms. The van der Waals surface area contributed by atoms with Crippen LogP contribution >= 0.6 is 23.2 Å². The van der Waals surface area contributed by atoms with Crippen LogP contribution in [-0.4, -0.2) is 56.1 Å². The first-order valence-corrected chi connectivity index (χ1v) is 10.2. The van der Waals surface area contributed by atoms with Gasteiger partial charge in [-0.05, 0) is 38.0 Å². The number of rotatable bonds is 5. The molecule has 0 saturated carbocycles. The monoisotopic (exact) mass is 433 g/mol. The standard InChI is InChI=1S/C19H21Cl2N7O/c1-11-16(26-18-15-8-25-27-19(15)24-10-23-18)3-2-4-28(11)17(29)9-22-14-6-12(20)5-13(21)7-14/h5-8,10-11,16,22H,2-4,9H2,1H3,(H2,23,24,25,26,27)/t11-,16+/m1/s1. The van der Waals surface area contributed by atoms with Crippen molar-refractivity contribution >= 4 is 51.6 Å². The molecule has 0 aliphatic carbocycles. The van der Waals surface area contributed by atoms with Crippen molar-refractivity contribution in [1.29, 1.82) is 0 Å². The Morgan fingerprint density at radius 3 is 2.86 bits per heavy atom. The number of carbonyl (C=O) groups excluding carboxylic acids is 1. The SMILES string of the molecule is C[C@@H]1[C@@H](Nc2ncnc3[nH]ncc23)CCCN1C(=O)CNc1cc(Cl)cc(Cl)c1. The number of benzene rings is 1. The number of hydrogen-bond donors (Lipinski definition) is 3. The molecule has 1 saturated heterocycles. The molecule has 1 fully saturated rings. The number of nitrogens with zero attached hydrogens (tertiary/aromatic N) is 4. The Labute approximate surface area is 178 Å². The molecule has 3 heterocycles. The predicted molar refractivity (Wildman–Crippen MR) is 114 cm³/mol. The van der Waals surface area contributed by atoms with E-state index in [1.165, 1.54) is 6.33 Å². The first-order chi connectivity index (χ1) is 14.0. The molecule has 8 nitrogen and oxygen atoms in total. The molecule has 0 spiro atoms. The number of anilines is 2. The Balaban J connectivity index is 1.41. The van der Waals surface area contributed by atoms with Gasteiger partial charge in [-0.25, -0.2) is 9.97 Å². The third-order valence-corrected chi connectivity index (χ3v) is 5.62. The van der Waals surface area contributed by atoms with Crippen molar-refractivity contribution in [2.24, 2.45) is 0 Å². The number of piperidine rings is 1. The number of halogens is 2. The van der Waals surface area contributed by atoms with E-state index >= 15 is 0 Å². The number of fused-ring (bicyclic) bond motifs is 1. The van der Waals surface area contributed by atoms with Gasteiger partial charge in [0.15, 0.2) is 5.65 Å². The summed E-state index contributed by atoms with van der Waals surface area (Å²) in [4.78, 5) is 23.3. The molecule has 1 aliphatic heterocycles. The predicted octanol–water partition coefficient (Wildman–Crippen LogP) is 3.56. The van der Waals surface area contributed by atoms with E-state index in [2.05, 4.69) is 37.7 Å². The van der Waals surface area contributed by atoms with Crippen LogP contribution in [0.1, 0.15) is 19.8 Å². The second-order valence-electron chi connectivity index (χ2n) is 7.09. The van der Waals surface area contributed by atoms with E-state index in [4.69, 9.17) is 23.2 Å². The lowest BCUT2D eigenvalue weighted by Gasteiger charge is -2.40. The molecular formula is C19H21Cl2N7O. The molecule has 3 aromatic rings. The Morgan fingerprint density at radius 1 is 1.28 bits per heavy atom. The van der Waals surface area contributed by atoms with Gasteiger partial charge in [-0.2, -0.15) is 5.10 Å². The fraction of sp³-hybridized carbons (Fsp3) is 0.368. The topological polar surface area (TPSA) is 98.8 Å². The summed E-state index contributed by atoms with van der Waals surface area (Å²) in [7, 11) is 0. The molecule has 10 heteroatoms. The minimum Gasteiger partial charge on any atom is -0.376 e. The van der Waals surface area contributed by atoms with Gasteiger partial charge in [-0.3, -0.25) is 9.89 Å². The summed E-state index contributed by atoms with van der Waals surface area (Å²) in [6, 6.07) is 5.24. The average Bonchev–Trinajstić information content (AvgIpc) is 3.17. The van der Waals surface area contributed by atoms with Crippen LogP contribution < -0.4 is 10.6 Å². The third kappa shape index (κ3) is 4.38. The highest BCUT2D eigenvalue weighted by molar-refractivity contribution is 6.35. The molecule has 1 aliphatic rings. The van der Waals surface area contributed by atoms with Crippen LogP contribution in [0.5, 0.6) is 0 Å². The number of aromatic amines is 1. The van der Waals surface area contributed by atoms with E-state index in [0.29, 0.717) is 15.7 Å². The lowest BCUT2D eigenvalue weighted by atomic mass is 9.97. The summed E-state index contributed by atoms with van der Waals surface area (Å²) in [5, 5.41) is 15.3. The highest BCUT2D eigenvalue weighted by atomic mass is 35.5. The van der Waals surface area contributed by atoms with Gasteiger partial charge in [-0.15, -0.1) is 0 Å². The van der Waals surface area contributed by atoms with Crippen molar-refractivity contribution in [2.75, 3.05) is 23.7 Å². The molecular weight excluding hydrogens is 413 g/mol. The third-order valence-electron chi connectivity index (χ3n) is 5.18. The Morgan fingerprint density at radius 2 is 2.07 bits per heavy atom. The zero-order chi connectivity index (χ0) is 20.4. The minimum atomic E-state index is 0.0120. The van der Waals surface area contributed by atoms with Crippen molar-refractivity contribution in [3.05, 3.63) is 40.8 Å². The van der Waals surface area contributed by atoms with Gasteiger partial charge in [0.2, 0.25) is 5.91 Å². The second kappa shape index (κ2) is 8.42. The molecule has 0 radical (unpaired) electrons. The summed E-state index contributed by atoms with van der Waals surface area (Å²) in [5.41, 5.74) is 1.40. The van der Waals surface area contributed by atoms with Gasteiger partial charge in [-0.1, -0.05) is 23.2 Å². The zero-order valence-corrected chi connectivity index (χ0v) is 17.3. The average molecular weight is 434 g/mol. The van der Waals surface area contributed by atoms with Gasteiger partial charge in [0.25, 0.3) is 0 Å². The van der Waals surface area contributed by atoms with Crippen LogP contribution in [0.25, 0.3) is 11.0 Å². The van der Waals surface area contributed by atoms with Crippen LogP contribution in [0.4, 0.5) is 11.5 Å². The summed E-state index contributed by atoms with van der Waals surface area (Å²) >= 11 is 12.0. The number of likely N-dealkylation sites (tertiary alicyclic amines) is 1. The fourth-order valence-corrected chi connectivity index (χ4v) is 4.20. The fourth-order valence-electron chi connectivity index (χ4n) is 3.68. The van der Waals surface area contributed by atoms with Gasteiger partial charge < -0.3 is 15.5 Å². The Bertz CT molecular complexity index is 1000. The van der Waals surface area contributed by atoms with Crippen LogP contribution in [0, 0.1) is 0 Å². The number of H-pyrrole nitrogens is 1. The van der Waals surface area contributed by atoms with E-state index in [9.17, 15) is 4.79 Å².